The van der Waals surface area contributed by atoms with Crippen molar-refractivity contribution < 1.29 is 9.18 Å². The first-order chi connectivity index (χ1) is 9.13. The zero-order chi connectivity index (χ0) is 13.8. The summed E-state index contributed by atoms with van der Waals surface area (Å²) >= 11 is 0. The fourth-order valence-corrected chi connectivity index (χ4v) is 2.27. The highest BCUT2D eigenvalue weighted by Crippen LogP contribution is 2.22. The number of nitriles is 1. The molecule has 4 nitrogen and oxygen atoms in total. The minimum Gasteiger partial charge on any atom is -0.308 e. The van der Waals surface area contributed by atoms with Gasteiger partial charge < -0.3 is 10.2 Å². The number of benzene rings is 1. The van der Waals surface area contributed by atoms with Crippen LogP contribution in [0.1, 0.15) is 19.8 Å². The highest BCUT2D eigenvalue weighted by molar-refractivity contribution is 5.97. The summed E-state index contributed by atoms with van der Waals surface area (Å²) < 4.78 is 13.8. The molecule has 1 amide bonds. The quantitative estimate of drug-likeness (QED) is 0.883. The van der Waals surface area contributed by atoms with Gasteiger partial charge in [0, 0.05) is 12.6 Å². The number of anilines is 1. The molecule has 1 aliphatic heterocycles. The first-order valence-electron chi connectivity index (χ1n) is 6.32. The van der Waals surface area contributed by atoms with Gasteiger partial charge in [-0.25, -0.2) is 4.39 Å². The fourth-order valence-electron chi connectivity index (χ4n) is 2.27. The van der Waals surface area contributed by atoms with Gasteiger partial charge in [0.05, 0.1) is 18.2 Å². The van der Waals surface area contributed by atoms with E-state index in [1.165, 1.54) is 11.0 Å². The second-order valence-corrected chi connectivity index (χ2v) is 4.71. The topological polar surface area (TPSA) is 56.1 Å². The van der Waals surface area contributed by atoms with Crippen LogP contribution in [0.3, 0.4) is 0 Å². The van der Waals surface area contributed by atoms with Crippen molar-refractivity contribution in [1.82, 2.24) is 5.32 Å². The Morgan fingerprint density at radius 3 is 2.95 bits per heavy atom. The van der Waals surface area contributed by atoms with Crippen LogP contribution in [-0.2, 0) is 4.79 Å². The van der Waals surface area contributed by atoms with E-state index >= 15 is 0 Å². The van der Waals surface area contributed by atoms with Gasteiger partial charge >= 0.3 is 0 Å². The number of amides is 1. The number of rotatable bonds is 2. The van der Waals surface area contributed by atoms with E-state index in [1.54, 1.807) is 18.2 Å². The Morgan fingerprint density at radius 2 is 2.26 bits per heavy atom. The van der Waals surface area contributed by atoms with E-state index in [0.29, 0.717) is 6.54 Å². The van der Waals surface area contributed by atoms with Crippen molar-refractivity contribution >= 4 is 11.6 Å². The van der Waals surface area contributed by atoms with Crippen LogP contribution in [0.2, 0.25) is 0 Å². The summed E-state index contributed by atoms with van der Waals surface area (Å²) in [5.74, 6) is -0.655. The number of nitrogens with one attached hydrogen (secondary N) is 1. The Labute approximate surface area is 111 Å². The van der Waals surface area contributed by atoms with Crippen LogP contribution in [0.25, 0.3) is 0 Å². The van der Waals surface area contributed by atoms with Crippen LogP contribution >= 0.6 is 0 Å². The third-order valence-corrected chi connectivity index (χ3v) is 3.27. The predicted molar refractivity (Wildman–Crippen MR) is 70.0 cm³/mol. The van der Waals surface area contributed by atoms with Crippen molar-refractivity contribution in [3.63, 3.8) is 0 Å². The average Bonchev–Trinajstić information content (AvgIpc) is 2.52. The Hall–Kier alpha value is -1.93. The lowest BCUT2D eigenvalue weighted by atomic mass is 10.1. The molecule has 1 saturated heterocycles. The van der Waals surface area contributed by atoms with Gasteiger partial charge in [0.15, 0.2) is 0 Å². The van der Waals surface area contributed by atoms with E-state index in [0.717, 1.165) is 6.42 Å². The van der Waals surface area contributed by atoms with Crippen LogP contribution in [0.5, 0.6) is 0 Å². The molecular formula is C14H16FN3O. The van der Waals surface area contributed by atoms with Crippen molar-refractivity contribution in [1.29, 1.82) is 5.26 Å². The molecule has 1 N–H and O–H groups in total. The molecule has 0 aromatic heterocycles. The van der Waals surface area contributed by atoms with E-state index in [-0.39, 0.29) is 24.1 Å². The maximum Gasteiger partial charge on any atom is 0.245 e. The van der Waals surface area contributed by atoms with Gasteiger partial charge in [-0.05, 0) is 25.5 Å². The number of hydrogen-bond donors (Lipinski definition) is 1. The molecule has 5 heteroatoms. The summed E-state index contributed by atoms with van der Waals surface area (Å²) in [5.41, 5.74) is 0.284. The monoisotopic (exact) mass is 261 g/mol. The largest absolute Gasteiger partial charge is 0.308 e. The highest BCUT2D eigenvalue weighted by atomic mass is 19.1. The number of hydrogen-bond acceptors (Lipinski definition) is 3. The van der Waals surface area contributed by atoms with Crippen molar-refractivity contribution in [2.75, 3.05) is 11.4 Å². The molecule has 1 heterocycles. The highest BCUT2D eigenvalue weighted by Gasteiger charge is 2.30. The minimum absolute atomic E-state index is 0.0914. The first kappa shape index (κ1) is 13.5. The molecule has 2 rings (SSSR count). The molecule has 100 valence electrons. The summed E-state index contributed by atoms with van der Waals surface area (Å²) in [4.78, 5) is 13.8. The second-order valence-electron chi connectivity index (χ2n) is 4.71. The summed E-state index contributed by atoms with van der Waals surface area (Å²) in [6.07, 6.45) is 0.816. The lowest BCUT2D eigenvalue weighted by molar-refractivity contribution is -0.120. The van der Waals surface area contributed by atoms with E-state index < -0.39 is 11.9 Å². The zero-order valence-electron chi connectivity index (χ0n) is 10.8. The maximum atomic E-state index is 13.8. The van der Waals surface area contributed by atoms with Gasteiger partial charge in [-0.2, -0.15) is 5.26 Å². The van der Waals surface area contributed by atoms with E-state index in [4.69, 9.17) is 5.26 Å². The lowest BCUT2D eigenvalue weighted by Crippen LogP contribution is -2.45. The molecule has 1 aromatic rings. The molecule has 1 fully saturated rings. The number of carbonyl (C=O) groups is 1. The van der Waals surface area contributed by atoms with Crippen LogP contribution in [-0.4, -0.2) is 24.5 Å². The SMILES string of the molecule is CC1CCN(c2ccccc2F)C(=O)C(CC#N)N1. The van der Waals surface area contributed by atoms with Gasteiger partial charge in [-0.1, -0.05) is 12.1 Å². The maximum absolute atomic E-state index is 13.8. The standard InChI is InChI=1S/C14H16FN3O/c1-10-7-9-18(13-5-3-2-4-11(13)15)14(19)12(17-10)6-8-16/h2-5,10,12,17H,6-7,9H2,1H3. The smallest absolute Gasteiger partial charge is 0.245 e. The Morgan fingerprint density at radius 1 is 1.53 bits per heavy atom. The first-order valence-corrected chi connectivity index (χ1v) is 6.32. The van der Waals surface area contributed by atoms with Gasteiger partial charge in [0.25, 0.3) is 0 Å². The van der Waals surface area contributed by atoms with Gasteiger partial charge in [0.1, 0.15) is 11.9 Å². The number of halogens is 1. The van der Waals surface area contributed by atoms with E-state index in [1.807, 2.05) is 13.0 Å². The average molecular weight is 261 g/mol. The van der Waals surface area contributed by atoms with Gasteiger partial charge in [-0.3, -0.25) is 4.79 Å². The van der Waals surface area contributed by atoms with Crippen molar-refractivity contribution in [2.45, 2.75) is 31.8 Å². The summed E-state index contributed by atoms with van der Waals surface area (Å²) in [6.45, 7) is 2.42. The normalized spacial score (nSPS) is 23.8. The Balaban J connectivity index is 2.31. The van der Waals surface area contributed by atoms with Crippen molar-refractivity contribution in [3.05, 3.63) is 30.1 Å². The number of carbonyl (C=O) groups excluding carboxylic acids is 1. The van der Waals surface area contributed by atoms with E-state index in [2.05, 4.69) is 5.32 Å². The van der Waals surface area contributed by atoms with Crippen molar-refractivity contribution in [3.8, 4) is 6.07 Å². The molecule has 0 saturated carbocycles. The Bertz CT molecular complexity index is 512. The fraction of sp³-hybridized carbons (Fsp3) is 0.429. The molecule has 0 bridgehead atoms. The Kier molecular flexibility index (Phi) is 4.13. The molecule has 1 aliphatic rings. The second kappa shape index (κ2) is 5.81. The third-order valence-electron chi connectivity index (χ3n) is 3.27. The lowest BCUT2D eigenvalue weighted by Gasteiger charge is -2.23. The molecule has 1 aromatic carbocycles. The molecule has 19 heavy (non-hydrogen) atoms. The summed E-state index contributed by atoms with van der Waals surface area (Å²) in [5, 5.41) is 11.9. The molecular weight excluding hydrogens is 245 g/mol. The minimum atomic E-state index is -0.567. The molecule has 2 unspecified atom stereocenters. The molecule has 0 radical (unpaired) electrons. The van der Waals surface area contributed by atoms with Crippen LogP contribution < -0.4 is 10.2 Å². The van der Waals surface area contributed by atoms with E-state index in [9.17, 15) is 9.18 Å². The van der Waals surface area contributed by atoms with Crippen molar-refractivity contribution in [2.24, 2.45) is 0 Å². The summed E-state index contributed by atoms with van der Waals surface area (Å²) in [7, 11) is 0. The van der Waals surface area contributed by atoms with Gasteiger partial charge in [0.2, 0.25) is 5.91 Å². The van der Waals surface area contributed by atoms with Crippen LogP contribution in [0.15, 0.2) is 24.3 Å². The predicted octanol–water partition coefficient (Wildman–Crippen LogP) is 1.82. The zero-order valence-corrected chi connectivity index (χ0v) is 10.8. The third kappa shape index (κ3) is 2.91. The molecule has 2 atom stereocenters. The molecule has 0 spiro atoms. The van der Waals surface area contributed by atoms with Crippen LogP contribution in [0.4, 0.5) is 10.1 Å². The van der Waals surface area contributed by atoms with Gasteiger partial charge in [-0.15, -0.1) is 0 Å². The number of nitrogens with zero attached hydrogens (tertiary/aromatic N) is 2. The van der Waals surface area contributed by atoms with Crippen LogP contribution in [0, 0.1) is 17.1 Å². The number of para-hydroxylation sites is 1. The molecule has 0 aliphatic carbocycles. The summed E-state index contributed by atoms with van der Waals surface area (Å²) in [6, 6.07) is 7.78.